The van der Waals surface area contributed by atoms with Crippen molar-refractivity contribution in [3.05, 3.63) is 58.6 Å². The van der Waals surface area contributed by atoms with Crippen molar-refractivity contribution in [2.75, 3.05) is 13.1 Å². The van der Waals surface area contributed by atoms with Gasteiger partial charge in [-0.1, -0.05) is 23.7 Å². The van der Waals surface area contributed by atoms with Gasteiger partial charge in [0.2, 0.25) is 0 Å². The lowest BCUT2D eigenvalue weighted by atomic mass is 9.90. The predicted octanol–water partition coefficient (Wildman–Crippen LogP) is 4.78. The predicted molar refractivity (Wildman–Crippen MR) is 115 cm³/mol. The number of nitrogens with one attached hydrogen (secondary N) is 1. The van der Waals surface area contributed by atoms with Crippen LogP contribution in [0.25, 0.3) is 11.1 Å². The number of amides is 2. The highest BCUT2D eigenvalue weighted by Gasteiger charge is 2.32. The molecule has 2 aromatic rings. The van der Waals surface area contributed by atoms with Gasteiger partial charge in [0.05, 0.1) is 11.6 Å². The molecule has 1 heterocycles. The van der Waals surface area contributed by atoms with Gasteiger partial charge in [0.1, 0.15) is 0 Å². The molecule has 7 heteroatoms. The monoisotopic (exact) mass is 425 g/mol. The highest BCUT2D eigenvalue weighted by atomic mass is 35.5. The highest BCUT2D eigenvalue weighted by Crippen LogP contribution is 2.31. The number of nitriles is 1. The first-order valence-corrected chi connectivity index (χ1v) is 10.2. The fourth-order valence-electron chi connectivity index (χ4n) is 4.03. The van der Waals surface area contributed by atoms with Gasteiger partial charge in [-0.05, 0) is 68.5 Å². The third-order valence-corrected chi connectivity index (χ3v) is 5.69. The molecule has 1 aliphatic heterocycles. The van der Waals surface area contributed by atoms with Crippen LogP contribution in [-0.4, -0.2) is 40.6 Å². The summed E-state index contributed by atoms with van der Waals surface area (Å²) in [5.74, 6) is 0.175. The van der Waals surface area contributed by atoms with Crippen molar-refractivity contribution >= 4 is 23.6 Å². The molecular weight excluding hydrogens is 402 g/mol. The Balaban J connectivity index is 1.73. The van der Waals surface area contributed by atoms with E-state index in [1.54, 1.807) is 30.3 Å². The second-order valence-corrected chi connectivity index (χ2v) is 8.72. The minimum atomic E-state index is -1.04. The third kappa shape index (κ3) is 5.11. The quantitative estimate of drug-likeness (QED) is 0.720. The maximum atomic E-state index is 13.1. The van der Waals surface area contributed by atoms with Gasteiger partial charge in [0, 0.05) is 34.8 Å². The number of carbonyl (C=O) groups is 2. The first-order valence-electron chi connectivity index (χ1n) is 9.79. The molecule has 1 fully saturated rings. The summed E-state index contributed by atoms with van der Waals surface area (Å²) < 4.78 is 0. The second kappa shape index (κ2) is 8.76. The molecule has 0 unspecified atom stereocenters. The van der Waals surface area contributed by atoms with E-state index in [-0.39, 0.29) is 11.8 Å². The molecule has 3 rings (SSSR count). The molecule has 6 nitrogen and oxygen atoms in total. The standard InChI is InChI=1S/C23H24ClN3O3/c1-23(2,26-22(29)30)12-16-9-10-27(14-16)21(28)18-7-8-20(24)19(11-18)17-5-3-15(13-25)4-6-17/h3-8,11,16,26H,9-10,12,14H2,1-2H3,(H,29,30)/t16-/m0/s1. The molecule has 2 aromatic carbocycles. The van der Waals surface area contributed by atoms with Gasteiger partial charge >= 0.3 is 6.09 Å². The second-order valence-electron chi connectivity index (χ2n) is 8.31. The van der Waals surface area contributed by atoms with Crippen LogP contribution in [0.4, 0.5) is 4.79 Å². The molecule has 1 aliphatic rings. The number of benzene rings is 2. The van der Waals surface area contributed by atoms with Gasteiger partial charge in [-0.3, -0.25) is 4.79 Å². The summed E-state index contributed by atoms with van der Waals surface area (Å²) in [7, 11) is 0. The van der Waals surface area contributed by atoms with Crippen molar-refractivity contribution in [3.63, 3.8) is 0 Å². The molecule has 0 radical (unpaired) electrons. The van der Waals surface area contributed by atoms with E-state index in [0.717, 1.165) is 17.5 Å². The Morgan fingerprint density at radius 1 is 1.27 bits per heavy atom. The lowest BCUT2D eigenvalue weighted by Crippen LogP contribution is -2.44. The maximum Gasteiger partial charge on any atom is 0.405 e. The number of hydrogen-bond acceptors (Lipinski definition) is 3. The first-order chi connectivity index (χ1) is 14.2. The topological polar surface area (TPSA) is 93.4 Å². The molecule has 1 saturated heterocycles. The molecule has 0 saturated carbocycles. The SMILES string of the molecule is CC(C)(C[C@@H]1CCN(C(=O)c2ccc(Cl)c(-c3ccc(C#N)cc3)c2)C1)NC(=O)O. The van der Waals surface area contributed by atoms with Crippen LogP contribution >= 0.6 is 11.6 Å². The van der Waals surface area contributed by atoms with Gasteiger partial charge in [0.15, 0.2) is 0 Å². The number of likely N-dealkylation sites (tertiary alicyclic amines) is 1. The average Bonchev–Trinajstić information content (AvgIpc) is 3.14. The molecule has 2 N–H and O–H groups in total. The number of halogens is 1. The van der Waals surface area contributed by atoms with Gasteiger partial charge < -0.3 is 15.3 Å². The van der Waals surface area contributed by atoms with Crippen molar-refractivity contribution in [1.82, 2.24) is 10.2 Å². The molecule has 1 atom stereocenters. The fraction of sp³-hybridized carbons (Fsp3) is 0.348. The van der Waals surface area contributed by atoms with Crippen molar-refractivity contribution < 1.29 is 14.7 Å². The zero-order chi connectivity index (χ0) is 21.9. The number of nitrogens with zero attached hydrogens (tertiary/aromatic N) is 2. The van der Waals surface area contributed by atoms with Gasteiger partial charge in [0.25, 0.3) is 5.91 Å². The minimum absolute atomic E-state index is 0.0620. The van der Waals surface area contributed by atoms with Crippen molar-refractivity contribution in [3.8, 4) is 17.2 Å². The smallest absolute Gasteiger partial charge is 0.405 e. The van der Waals surface area contributed by atoms with E-state index in [1.165, 1.54) is 0 Å². The Hall–Kier alpha value is -3.04. The van der Waals surface area contributed by atoms with Crippen LogP contribution in [0.2, 0.25) is 5.02 Å². The zero-order valence-electron chi connectivity index (χ0n) is 17.0. The van der Waals surface area contributed by atoms with Gasteiger partial charge in [-0.2, -0.15) is 5.26 Å². The summed E-state index contributed by atoms with van der Waals surface area (Å²) in [6.07, 6.45) is 0.467. The van der Waals surface area contributed by atoms with Crippen LogP contribution in [0.1, 0.15) is 42.6 Å². The summed E-state index contributed by atoms with van der Waals surface area (Å²) >= 11 is 6.36. The number of rotatable bonds is 5. The largest absolute Gasteiger partial charge is 0.465 e. The third-order valence-electron chi connectivity index (χ3n) is 5.36. The van der Waals surface area contributed by atoms with E-state index in [2.05, 4.69) is 11.4 Å². The van der Waals surface area contributed by atoms with Crippen molar-refractivity contribution in [1.29, 1.82) is 5.26 Å². The molecular formula is C23H24ClN3O3. The first kappa shape index (κ1) is 21.7. The van der Waals surface area contributed by atoms with Crippen LogP contribution < -0.4 is 5.32 Å². The van der Waals surface area contributed by atoms with Crippen LogP contribution in [0, 0.1) is 17.2 Å². The van der Waals surface area contributed by atoms with E-state index in [9.17, 15) is 9.59 Å². The Morgan fingerprint density at radius 3 is 2.60 bits per heavy atom. The number of carboxylic acid groups (broad SMARTS) is 1. The summed E-state index contributed by atoms with van der Waals surface area (Å²) in [5.41, 5.74) is 2.16. The normalized spacial score (nSPS) is 16.2. The highest BCUT2D eigenvalue weighted by molar-refractivity contribution is 6.33. The van der Waals surface area contributed by atoms with E-state index in [4.69, 9.17) is 22.0 Å². The molecule has 2 amide bonds. The number of carbonyl (C=O) groups excluding carboxylic acids is 1. The minimum Gasteiger partial charge on any atom is -0.465 e. The van der Waals surface area contributed by atoms with Crippen LogP contribution in [0.3, 0.4) is 0 Å². The molecule has 0 bridgehead atoms. The van der Waals surface area contributed by atoms with Crippen molar-refractivity contribution in [2.45, 2.75) is 32.2 Å². The molecule has 156 valence electrons. The average molecular weight is 426 g/mol. The van der Waals surface area contributed by atoms with E-state index in [1.807, 2.05) is 30.9 Å². The molecule has 0 aliphatic carbocycles. The van der Waals surface area contributed by atoms with Crippen LogP contribution in [-0.2, 0) is 0 Å². The lowest BCUT2D eigenvalue weighted by molar-refractivity contribution is 0.0783. The lowest BCUT2D eigenvalue weighted by Gasteiger charge is -2.27. The summed E-state index contributed by atoms with van der Waals surface area (Å²) in [5, 5.41) is 21.0. The summed E-state index contributed by atoms with van der Waals surface area (Å²) in [6, 6.07) is 14.4. The van der Waals surface area contributed by atoms with Gasteiger partial charge in [-0.15, -0.1) is 0 Å². The molecule has 0 aromatic heterocycles. The van der Waals surface area contributed by atoms with Crippen molar-refractivity contribution in [2.24, 2.45) is 5.92 Å². The van der Waals surface area contributed by atoms with Crippen LogP contribution in [0.5, 0.6) is 0 Å². The summed E-state index contributed by atoms with van der Waals surface area (Å²) in [6.45, 7) is 4.95. The Morgan fingerprint density at radius 2 is 1.97 bits per heavy atom. The van der Waals surface area contributed by atoms with Crippen LogP contribution in [0.15, 0.2) is 42.5 Å². The fourth-order valence-corrected chi connectivity index (χ4v) is 4.26. The molecule has 0 spiro atoms. The van der Waals surface area contributed by atoms with E-state index >= 15 is 0 Å². The maximum absolute atomic E-state index is 13.1. The number of hydrogen-bond donors (Lipinski definition) is 2. The van der Waals surface area contributed by atoms with Gasteiger partial charge in [-0.25, -0.2) is 4.79 Å². The Bertz CT molecular complexity index is 996. The molecule has 30 heavy (non-hydrogen) atoms. The summed E-state index contributed by atoms with van der Waals surface area (Å²) in [4.78, 5) is 25.8. The zero-order valence-corrected chi connectivity index (χ0v) is 17.7. The Labute approximate surface area is 181 Å². The Kier molecular flexibility index (Phi) is 6.33. The van der Waals surface area contributed by atoms with E-state index < -0.39 is 11.6 Å². The van der Waals surface area contributed by atoms with E-state index in [0.29, 0.717) is 35.7 Å².